The van der Waals surface area contributed by atoms with Gasteiger partial charge in [0.25, 0.3) is 9.70 Å². The molecule has 4 aromatic rings. The summed E-state index contributed by atoms with van der Waals surface area (Å²) in [7, 11) is 1.98. The number of halogens is 3. The van der Waals surface area contributed by atoms with E-state index in [1.54, 1.807) is 18.0 Å². The smallest absolute Gasteiger partial charge is 0.272 e. The van der Waals surface area contributed by atoms with Crippen LogP contribution in [-0.4, -0.2) is 36.2 Å². The van der Waals surface area contributed by atoms with Crippen LogP contribution in [0.25, 0.3) is 11.1 Å². The largest absolute Gasteiger partial charge is 0.392 e. The van der Waals surface area contributed by atoms with Gasteiger partial charge in [-0.1, -0.05) is 107 Å². The van der Waals surface area contributed by atoms with Gasteiger partial charge in [0.05, 0.1) is 18.8 Å². The summed E-state index contributed by atoms with van der Waals surface area (Å²) in [6, 6.07) is 23.7. The third-order valence-electron chi connectivity index (χ3n) is 6.92. The Balaban J connectivity index is 1.36. The summed E-state index contributed by atoms with van der Waals surface area (Å²) in [5.41, 5.74) is 5.59. The highest BCUT2D eigenvalue weighted by molar-refractivity contribution is 7.99. The molecule has 1 saturated heterocycles. The van der Waals surface area contributed by atoms with E-state index in [0.29, 0.717) is 6.42 Å². The van der Waals surface area contributed by atoms with Gasteiger partial charge in [-0.05, 0) is 39.9 Å². The van der Waals surface area contributed by atoms with Crippen LogP contribution >= 0.6 is 46.6 Å². The van der Waals surface area contributed by atoms with E-state index in [2.05, 4.69) is 16.4 Å². The van der Waals surface area contributed by atoms with Crippen LogP contribution in [0.4, 0.5) is 0 Å². The molecule has 2 heterocycles. The maximum Gasteiger partial charge on any atom is 0.272 e. The molecule has 1 fully saturated rings. The number of aromatic nitrogens is 2. The molecule has 0 bridgehead atoms. The lowest BCUT2D eigenvalue weighted by molar-refractivity contribution is -0.245. The Morgan fingerprint density at radius 1 is 1.02 bits per heavy atom. The first-order chi connectivity index (χ1) is 20.2. The molecule has 3 atom stereocenters. The van der Waals surface area contributed by atoms with Crippen LogP contribution in [0.5, 0.6) is 0 Å². The number of hydrogen-bond acceptors (Lipinski definition) is 6. The zero-order chi connectivity index (χ0) is 29.7. The molecule has 0 saturated carbocycles. The van der Waals surface area contributed by atoms with Crippen molar-refractivity contribution in [1.29, 1.82) is 0 Å². The monoisotopic (exact) mass is 645 g/mol. The Morgan fingerprint density at radius 3 is 2.45 bits per heavy atom. The van der Waals surface area contributed by atoms with E-state index in [1.165, 1.54) is 0 Å². The molecule has 1 aromatic heterocycles. The normalized spacial score (nSPS) is 19.0. The Kier molecular flexibility index (Phi) is 10.2. The van der Waals surface area contributed by atoms with Crippen molar-refractivity contribution in [1.82, 2.24) is 14.9 Å². The predicted octanol–water partition coefficient (Wildman–Crippen LogP) is 6.90. The molecule has 0 aliphatic carbocycles. The van der Waals surface area contributed by atoms with Gasteiger partial charge in [-0.25, -0.2) is 4.98 Å². The highest BCUT2D eigenvalue weighted by atomic mass is 35.6. The fourth-order valence-corrected chi connectivity index (χ4v) is 5.84. The Hall–Kier alpha value is -2.56. The predicted molar refractivity (Wildman–Crippen MR) is 166 cm³/mol. The van der Waals surface area contributed by atoms with Gasteiger partial charge in [-0.15, -0.1) is 0 Å². The fraction of sp³-hybridized carbons (Fsp3) is 0.290. The van der Waals surface area contributed by atoms with Gasteiger partial charge in [0.1, 0.15) is 0 Å². The number of nitrogens with zero attached hydrogens (tertiary/aromatic N) is 2. The molecule has 1 amide bonds. The number of rotatable bonds is 9. The lowest BCUT2D eigenvalue weighted by Gasteiger charge is -2.36. The van der Waals surface area contributed by atoms with E-state index < -0.39 is 16.0 Å². The minimum atomic E-state index is -2.02. The number of ether oxygens (including phenoxy) is 2. The first-order valence-electron chi connectivity index (χ1n) is 13.3. The minimum absolute atomic E-state index is 0.00621. The van der Waals surface area contributed by atoms with Crippen LogP contribution in [0.1, 0.15) is 41.1 Å². The number of alkyl halides is 3. The van der Waals surface area contributed by atoms with Crippen molar-refractivity contribution in [2.24, 2.45) is 7.05 Å². The molecule has 0 radical (unpaired) electrons. The number of benzene rings is 3. The minimum Gasteiger partial charge on any atom is -0.392 e. The molecule has 42 heavy (non-hydrogen) atoms. The number of amides is 1. The number of imidazole rings is 1. The third kappa shape index (κ3) is 7.88. The van der Waals surface area contributed by atoms with E-state index in [4.69, 9.17) is 44.3 Å². The standard InChI is InChI=1S/C31H30Cl3N3O4S/c1-37-13-12-35-30(37)42-19-26-16-27(22-10-8-20(18-38)9-11-22)41-28(40-26)25-7-3-6-24(15-25)23-5-2-4-21(14-23)17-36-29(39)31(32,33)34/h2-15,26-28,38H,16-19H2,1H3,(H,36,39). The molecule has 3 unspecified atom stereocenters. The zero-order valence-electron chi connectivity index (χ0n) is 22.8. The lowest BCUT2D eigenvalue weighted by Crippen LogP contribution is -2.33. The number of aliphatic hydroxyl groups excluding tert-OH is 1. The van der Waals surface area contributed by atoms with Gasteiger partial charge >= 0.3 is 0 Å². The Bertz CT molecular complexity index is 1510. The van der Waals surface area contributed by atoms with Crippen molar-refractivity contribution >= 4 is 52.5 Å². The SMILES string of the molecule is Cn1ccnc1SCC1CC(c2ccc(CO)cc2)OC(c2cccc(-c3cccc(CNC(=O)C(Cl)(Cl)Cl)c3)c2)O1. The summed E-state index contributed by atoms with van der Waals surface area (Å²) < 4.78 is 13.0. The van der Waals surface area contributed by atoms with Crippen LogP contribution in [0.2, 0.25) is 0 Å². The maximum absolute atomic E-state index is 12.0. The number of thioether (sulfide) groups is 1. The van der Waals surface area contributed by atoms with Crippen molar-refractivity contribution < 1.29 is 19.4 Å². The maximum atomic E-state index is 12.0. The highest BCUT2D eigenvalue weighted by Crippen LogP contribution is 2.40. The molecule has 11 heteroatoms. The molecular weight excluding hydrogens is 617 g/mol. The van der Waals surface area contributed by atoms with E-state index in [1.807, 2.05) is 84.5 Å². The number of carbonyl (C=O) groups excluding carboxylic acids is 1. The number of hydrogen-bond donors (Lipinski definition) is 2. The summed E-state index contributed by atoms with van der Waals surface area (Å²) in [5.74, 6) is 0.0418. The van der Waals surface area contributed by atoms with Gasteiger partial charge in [-0.2, -0.15) is 0 Å². The number of nitrogens with one attached hydrogen (secondary N) is 1. The molecular formula is C31H30Cl3N3O4S. The van der Waals surface area contributed by atoms with Crippen LogP contribution in [0.15, 0.2) is 90.3 Å². The second-order valence-electron chi connectivity index (χ2n) is 9.99. The number of aliphatic hydroxyl groups is 1. The van der Waals surface area contributed by atoms with Crippen LogP contribution in [0.3, 0.4) is 0 Å². The third-order valence-corrected chi connectivity index (χ3v) is 8.62. The van der Waals surface area contributed by atoms with E-state index in [0.717, 1.165) is 44.3 Å². The van der Waals surface area contributed by atoms with Gasteiger partial charge in [0.2, 0.25) is 0 Å². The summed E-state index contributed by atoms with van der Waals surface area (Å²) in [6.45, 7) is 0.217. The van der Waals surface area contributed by atoms with Gasteiger partial charge < -0.3 is 24.5 Å². The molecule has 0 spiro atoms. The molecule has 3 aromatic carbocycles. The first kappa shape index (κ1) is 30.9. The highest BCUT2D eigenvalue weighted by Gasteiger charge is 2.33. The number of carbonyl (C=O) groups is 1. The van der Waals surface area contributed by atoms with E-state index >= 15 is 0 Å². The van der Waals surface area contributed by atoms with Crippen LogP contribution in [0, 0.1) is 0 Å². The van der Waals surface area contributed by atoms with E-state index in [-0.39, 0.29) is 25.4 Å². The molecule has 1 aliphatic rings. The van der Waals surface area contributed by atoms with Crippen LogP contribution in [-0.2, 0) is 34.5 Å². The van der Waals surface area contributed by atoms with Crippen LogP contribution < -0.4 is 5.32 Å². The van der Waals surface area contributed by atoms with Crippen molar-refractivity contribution in [3.63, 3.8) is 0 Å². The van der Waals surface area contributed by atoms with Crippen molar-refractivity contribution in [3.05, 3.63) is 107 Å². The Morgan fingerprint density at radius 2 is 1.76 bits per heavy atom. The van der Waals surface area contributed by atoms with Gasteiger partial charge in [-0.3, -0.25) is 4.79 Å². The van der Waals surface area contributed by atoms with Crippen molar-refractivity contribution in [3.8, 4) is 11.1 Å². The summed E-state index contributed by atoms with van der Waals surface area (Å²) in [5, 5.41) is 13.1. The van der Waals surface area contributed by atoms with Gasteiger partial charge in [0, 0.05) is 43.7 Å². The average molecular weight is 647 g/mol. The lowest BCUT2D eigenvalue weighted by atomic mass is 9.99. The second kappa shape index (κ2) is 13.8. The summed E-state index contributed by atoms with van der Waals surface area (Å²) >= 11 is 18.7. The molecule has 7 nitrogen and oxygen atoms in total. The van der Waals surface area contributed by atoms with E-state index in [9.17, 15) is 9.90 Å². The van der Waals surface area contributed by atoms with Crippen molar-refractivity contribution in [2.75, 3.05) is 5.75 Å². The summed E-state index contributed by atoms with van der Waals surface area (Å²) in [4.78, 5) is 16.4. The molecule has 220 valence electrons. The summed E-state index contributed by atoms with van der Waals surface area (Å²) in [6.07, 6.45) is 3.56. The Labute approximate surface area is 264 Å². The topological polar surface area (TPSA) is 85.6 Å². The molecule has 5 rings (SSSR count). The van der Waals surface area contributed by atoms with Gasteiger partial charge in [0.15, 0.2) is 11.4 Å². The first-order valence-corrected chi connectivity index (χ1v) is 15.5. The quantitative estimate of drug-likeness (QED) is 0.152. The average Bonchev–Trinajstić information content (AvgIpc) is 3.42. The second-order valence-corrected chi connectivity index (χ2v) is 13.3. The fourth-order valence-electron chi connectivity index (χ4n) is 4.69. The number of aryl methyl sites for hydroxylation is 1. The van der Waals surface area contributed by atoms with Crippen molar-refractivity contribution in [2.45, 2.75) is 47.0 Å². The molecule has 2 N–H and O–H groups in total. The zero-order valence-corrected chi connectivity index (χ0v) is 25.8. The molecule has 1 aliphatic heterocycles.